The molecule has 0 amide bonds. The maximum atomic E-state index is 11.7. The van der Waals surface area contributed by atoms with Gasteiger partial charge in [0.25, 0.3) is 0 Å². The third-order valence-corrected chi connectivity index (χ3v) is 2.69. The maximum absolute atomic E-state index is 11.7. The van der Waals surface area contributed by atoms with Crippen molar-refractivity contribution < 1.29 is 19.4 Å². The van der Waals surface area contributed by atoms with Crippen molar-refractivity contribution in [1.29, 1.82) is 0 Å². The number of benzene rings is 1. The van der Waals surface area contributed by atoms with E-state index < -0.39 is 18.0 Å². The van der Waals surface area contributed by atoms with Crippen LogP contribution in [0.25, 0.3) is 0 Å². The van der Waals surface area contributed by atoms with E-state index in [9.17, 15) is 9.59 Å². The molecule has 1 atom stereocenters. The Hall–Kier alpha value is -1.84. The first-order chi connectivity index (χ1) is 7.58. The van der Waals surface area contributed by atoms with E-state index in [1.165, 1.54) is 0 Å². The van der Waals surface area contributed by atoms with Crippen LogP contribution in [0.3, 0.4) is 0 Å². The molecule has 4 nitrogen and oxygen atoms in total. The number of carboxylic acid groups (broad SMARTS) is 1. The second-order valence-electron chi connectivity index (χ2n) is 3.94. The summed E-state index contributed by atoms with van der Waals surface area (Å²) >= 11 is 0. The van der Waals surface area contributed by atoms with Crippen LogP contribution in [0.2, 0.25) is 0 Å². The largest absolute Gasteiger partial charge is 0.481 e. The Balaban J connectivity index is 2.30. The molecule has 4 heteroatoms. The molecule has 0 saturated carbocycles. The van der Waals surface area contributed by atoms with E-state index in [4.69, 9.17) is 9.84 Å². The lowest BCUT2D eigenvalue weighted by atomic mass is 9.94. The molecule has 0 fully saturated rings. The minimum Gasteiger partial charge on any atom is -0.481 e. The second-order valence-corrected chi connectivity index (χ2v) is 3.94. The summed E-state index contributed by atoms with van der Waals surface area (Å²) in [5, 5.41) is 8.66. The van der Waals surface area contributed by atoms with Crippen LogP contribution >= 0.6 is 0 Å². The number of fused-ring (bicyclic) bond motifs is 1. The van der Waals surface area contributed by atoms with Crippen molar-refractivity contribution >= 4 is 11.9 Å². The maximum Gasteiger partial charge on any atom is 0.338 e. The summed E-state index contributed by atoms with van der Waals surface area (Å²) in [6.45, 7) is 1.84. The van der Waals surface area contributed by atoms with Crippen LogP contribution in [-0.4, -0.2) is 23.1 Å². The van der Waals surface area contributed by atoms with Gasteiger partial charge in [-0.1, -0.05) is 18.2 Å². The Morgan fingerprint density at radius 2 is 2.31 bits per heavy atom. The Morgan fingerprint density at radius 1 is 1.56 bits per heavy atom. The van der Waals surface area contributed by atoms with Crippen LogP contribution < -0.4 is 0 Å². The van der Waals surface area contributed by atoms with Crippen molar-refractivity contribution in [2.24, 2.45) is 0 Å². The summed E-state index contributed by atoms with van der Waals surface area (Å²) in [6, 6.07) is 5.56. The van der Waals surface area contributed by atoms with E-state index in [1.807, 2.05) is 25.1 Å². The molecule has 1 aromatic rings. The first-order valence-electron chi connectivity index (χ1n) is 5.09. The van der Waals surface area contributed by atoms with Crippen LogP contribution in [0, 0.1) is 6.92 Å². The van der Waals surface area contributed by atoms with E-state index in [0.29, 0.717) is 12.0 Å². The van der Waals surface area contributed by atoms with Gasteiger partial charge in [0.15, 0.2) is 0 Å². The summed E-state index contributed by atoms with van der Waals surface area (Å²) < 4.78 is 5.08. The molecule has 16 heavy (non-hydrogen) atoms. The average Bonchev–Trinajstić information content (AvgIpc) is 2.15. The first-order valence-corrected chi connectivity index (χ1v) is 5.09. The van der Waals surface area contributed by atoms with Gasteiger partial charge in [-0.2, -0.15) is 0 Å². The Morgan fingerprint density at radius 3 is 3.00 bits per heavy atom. The van der Waals surface area contributed by atoms with Gasteiger partial charge in [0.1, 0.15) is 6.10 Å². The zero-order chi connectivity index (χ0) is 11.7. The van der Waals surface area contributed by atoms with E-state index in [2.05, 4.69) is 0 Å². The summed E-state index contributed by atoms with van der Waals surface area (Å²) in [6.07, 6.45) is -0.201. The third-order valence-electron chi connectivity index (χ3n) is 2.69. The van der Waals surface area contributed by atoms with Crippen LogP contribution in [0.15, 0.2) is 18.2 Å². The van der Waals surface area contributed by atoms with Gasteiger partial charge < -0.3 is 9.84 Å². The first kappa shape index (κ1) is 10.7. The lowest BCUT2D eigenvalue weighted by Gasteiger charge is -2.24. The number of hydrogen-bond acceptors (Lipinski definition) is 3. The van der Waals surface area contributed by atoms with Crippen molar-refractivity contribution in [3.05, 3.63) is 34.9 Å². The molecule has 0 aliphatic carbocycles. The Bertz CT molecular complexity index is 450. The quantitative estimate of drug-likeness (QED) is 0.768. The zero-order valence-corrected chi connectivity index (χ0v) is 8.90. The van der Waals surface area contributed by atoms with Crippen molar-refractivity contribution in [3.63, 3.8) is 0 Å². The molecule has 84 valence electrons. The number of carbonyl (C=O) groups excluding carboxylic acids is 1. The van der Waals surface area contributed by atoms with Crippen molar-refractivity contribution in [1.82, 2.24) is 0 Å². The standard InChI is InChI=1S/C12H12O4/c1-7-3-2-4-8-5-9(6-10(13)14)16-12(15)11(7)8/h2-4,9H,5-6H2,1H3,(H,13,14). The molecule has 1 aromatic carbocycles. The summed E-state index contributed by atoms with van der Waals surface area (Å²) in [7, 11) is 0. The molecule has 1 aliphatic rings. The number of hydrogen-bond donors (Lipinski definition) is 1. The van der Waals surface area contributed by atoms with E-state index >= 15 is 0 Å². The van der Waals surface area contributed by atoms with Gasteiger partial charge in [0.05, 0.1) is 12.0 Å². The number of aryl methyl sites for hydroxylation is 1. The molecule has 0 radical (unpaired) electrons. The van der Waals surface area contributed by atoms with Gasteiger partial charge in [-0.15, -0.1) is 0 Å². The molecule has 0 bridgehead atoms. The number of aliphatic carboxylic acids is 1. The van der Waals surface area contributed by atoms with Crippen LogP contribution in [-0.2, 0) is 16.0 Å². The predicted octanol–water partition coefficient (Wildman–Crippen LogP) is 1.55. The number of rotatable bonds is 2. The molecule has 1 heterocycles. The predicted molar refractivity (Wildman–Crippen MR) is 56.3 cm³/mol. The van der Waals surface area contributed by atoms with Gasteiger partial charge in [-0.05, 0) is 18.1 Å². The fraction of sp³-hybridized carbons (Fsp3) is 0.333. The highest BCUT2D eigenvalue weighted by Crippen LogP contribution is 2.24. The minimum absolute atomic E-state index is 0.140. The average molecular weight is 220 g/mol. The molecule has 1 N–H and O–H groups in total. The Labute approximate surface area is 92.8 Å². The van der Waals surface area contributed by atoms with Crippen molar-refractivity contribution in [3.8, 4) is 0 Å². The summed E-state index contributed by atoms with van der Waals surface area (Å²) in [5.41, 5.74) is 2.34. The van der Waals surface area contributed by atoms with E-state index in [1.54, 1.807) is 0 Å². The molecular formula is C12H12O4. The number of esters is 1. The van der Waals surface area contributed by atoms with Gasteiger partial charge in [-0.3, -0.25) is 4.79 Å². The smallest absolute Gasteiger partial charge is 0.338 e. The molecular weight excluding hydrogens is 208 g/mol. The van der Waals surface area contributed by atoms with Gasteiger partial charge >= 0.3 is 11.9 Å². The summed E-state index contributed by atoms with van der Waals surface area (Å²) in [4.78, 5) is 22.2. The summed E-state index contributed by atoms with van der Waals surface area (Å²) in [5.74, 6) is -1.36. The normalized spacial score (nSPS) is 18.8. The molecule has 1 unspecified atom stereocenters. The van der Waals surface area contributed by atoms with E-state index in [-0.39, 0.29) is 6.42 Å². The molecule has 0 aromatic heterocycles. The van der Waals surface area contributed by atoms with Crippen LogP contribution in [0.4, 0.5) is 0 Å². The SMILES string of the molecule is Cc1cccc2c1C(=O)OC(CC(=O)O)C2. The molecule has 1 aliphatic heterocycles. The van der Waals surface area contributed by atoms with Crippen LogP contribution in [0.1, 0.15) is 27.9 Å². The highest BCUT2D eigenvalue weighted by molar-refractivity contribution is 5.94. The minimum atomic E-state index is -0.950. The van der Waals surface area contributed by atoms with E-state index in [0.717, 1.165) is 11.1 Å². The molecule has 2 rings (SSSR count). The topological polar surface area (TPSA) is 63.6 Å². The lowest BCUT2D eigenvalue weighted by molar-refractivity contribution is -0.139. The number of cyclic esters (lactones) is 1. The van der Waals surface area contributed by atoms with Gasteiger partial charge in [0, 0.05) is 6.42 Å². The van der Waals surface area contributed by atoms with Crippen molar-refractivity contribution in [2.75, 3.05) is 0 Å². The monoisotopic (exact) mass is 220 g/mol. The lowest BCUT2D eigenvalue weighted by Crippen LogP contribution is -2.30. The second kappa shape index (κ2) is 3.96. The van der Waals surface area contributed by atoms with Crippen LogP contribution in [0.5, 0.6) is 0 Å². The molecule has 0 saturated heterocycles. The fourth-order valence-corrected chi connectivity index (χ4v) is 2.00. The third kappa shape index (κ3) is 1.91. The number of carboxylic acids is 1. The highest BCUT2D eigenvalue weighted by Gasteiger charge is 2.28. The van der Waals surface area contributed by atoms with Gasteiger partial charge in [0.2, 0.25) is 0 Å². The molecule has 0 spiro atoms. The van der Waals surface area contributed by atoms with Crippen molar-refractivity contribution in [2.45, 2.75) is 25.9 Å². The fourth-order valence-electron chi connectivity index (χ4n) is 2.00. The highest BCUT2D eigenvalue weighted by atomic mass is 16.5. The Kier molecular flexibility index (Phi) is 2.64. The number of carbonyl (C=O) groups is 2. The van der Waals surface area contributed by atoms with Gasteiger partial charge in [-0.25, -0.2) is 4.79 Å². The zero-order valence-electron chi connectivity index (χ0n) is 8.90. The number of ether oxygens (including phenoxy) is 1.